The van der Waals surface area contributed by atoms with Crippen molar-refractivity contribution >= 4 is 23.1 Å². The van der Waals surface area contributed by atoms with E-state index in [1.54, 1.807) is 17.5 Å². The van der Waals surface area contributed by atoms with E-state index in [1.165, 1.54) is 17.3 Å². The Hall–Kier alpha value is -0.780. The fraction of sp³-hybridized carbons (Fsp3) is 0.250. The molecule has 0 radical (unpaired) electrons. The molecule has 0 spiro atoms. The van der Waals surface area contributed by atoms with Crippen LogP contribution < -0.4 is 5.73 Å². The van der Waals surface area contributed by atoms with Crippen molar-refractivity contribution in [2.75, 3.05) is 0 Å². The lowest BCUT2D eigenvalue weighted by Crippen LogP contribution is -2.13. The molecule has 68 valence electrons. The number of hydrogen-bond acceptors (Lipinski definition) is 5. The van der Waals surface area contributed by atoms with Crippen LogP contribution in [-0.4, -0.2) is 8.75 Å². The van der Waals surface area contributed by atoms with Crippen LogP contribution in [-0.2, 0) is 6.42 Å². The summed E-state index contributed by atoms with van der Waals surface area (Å²) in [4.78, 5) is 0. The van der Waals surface area contributed by atoms with Crippen LogP contribution in [0.3, 0.4) is 0 Å². The minimum Gasteiger partial charge on any atom is -0.322 e. The molecule has 0 aliphatic rings. The lowest BCUT2D eigenvalue weighted by atomic mass is 10.1. The first-order chi connectivity index (χ1) is 6.36. The van der Waals surface area contributed by atoms with Crippen LogP contribution in [0.2, 0.25) is 0 Å². The summed E-state index contributed by atoms with van der Waals surface area (Å²) in [5.74, 6) is 0. The molecule has 0 fully saturated rings. The Morgan fingerprint density at radius 3 is 3.08 bits per heavy atom. The van der Waals surface area contributed by atoms with Crippen molar-refractivity contribution in [3.8, 4) is 0 Å². The van der Waals surface area contributed by atoms with Gasteiger partial charge in [-0.3, -0.25) is 0 Å². The predicted molar refractivity (Wildman–Crippen MR) is 54.9 cm³/mol. The second-order valence-electron chi connectivity index (χ2n) is 2.77. The summed E-state index contributed by atoms with van der Waals surface area (Å²) < 4.78 is 8.03. The summed E-state index contributed by atoms with van der Waals surface area (Å²) in [6, 6.07) is 2.07. The molecule has 1 unspecified atom stereocenters. The lowest BCUT2D eigenvalue weighted by Gasteiger charge is -2.05. The van der Waals surface area contributed by atoms with Crippen molar-refractivity contribution in [3.05, 3.63) is 34.3 Å². The highest BCUT2D eigenvalue weighted by Gasteiger charge is 2.09. The van der Waals surface area contributed by atoms with Crippen molar-refractivity contribution < 1.29 is 0 Å². The molecule has 13 heavy (non-hydrogen) atoms. The molecule has 0 saturated heterocycles. The lowest BCUT2D eigenvalue weighted by molar-refractivity contribution is 0.706. The Morgan fingerprint density at radius 2 is 2.46 bits per heavy atom. The van der Waals surface area contributed by atoms with E-state index in [2.05, 4.69) is 25.6 Å². The van der Waals surface area contributed by atoms with Crippen molar-refractivity contribution in [2.45, 2.75) is 12.5 Å². The molecule has 2 aromatic rings. The Morgan fingerprint density at radius 1 is 1.54 bits per heavy atom. The van der Waals surface area contributed by atoms with Crippen LogP contribution in [0, 0.1) is 0 Å². The second-order valence-corrected chi connectivity index (χ2v) is 4.11. The highest BCUT2D eigenvalue weighted by molar-refractivity contribution is 7.07. The number of nitrogens with two attached hydrogens (primary N) is 1. The summed E-state index contributed by atoms with van der Waals surface area (Å²) >= 11 is 2.89. The van der Waals surface area contributed by atoms with Crippen LogP contribution in [0.1, 0.15) is 17.3 Å². The molecule has 0 aromatic carbocycles. The van der Waals surface area contributed by atoms with Gasteiger partial charge in [0.05, 0.1) is 29.7 Å². The fourth-order valence-electron chi connectivity index (χ4n) is 1.10. The molecule has 2 rings (SSSR count). The van der Waals surface area contributed by atoms with Gasteiger partial charge in [0.2, 0.25) is 0 Å². The molecule has 0 amide bonds. The smallest absolute Gasteiger partial charge is 0.0913 e. The average Bonchev–Trinajstić information content (AvgIpc) is 2.74. The molecule has 2 aromatic heterocycles. The molecule has 1 atom stereocenters. The zero-order chi connectivity index (χ0) is 9.10. The largest absolute Gasteiger partial charge is 0.322 e. The van der Waals surface area contributed by atoms with E-state index in [4.69, 9.17) is 5.73 Å². The third-order valence-corrected chi connectivity index (χ3v) is 3.02. The van der Waals surface area contributed by atoms with Crippen molar-refractivity contribution in [1.82, 2.24) is 8.75 Å². The molecule has 3 nitrogen and oxygen atoms in total. The molecule has 0 aliphatic carbocycles. The Bertz CT molecular complexity index is 341. The number of aromatic nitrogens is 2. The normalized spacial score (nSPS) is 13.0. The van der Waals surface area contributed by atoms with Gasteiger partial charge in [-0.25, -0.2) is 0 Å². The van der Waals surface area contributed by atoms with Gasteiger partial charge in [0.25, 0.3) is 0 Å². The summed E-state index contributed by atoms with van der Waals surface area (Å²) in [6.45, 7) is 0. The van der Waals surface area contributed by atoms with Crippen LogP contribution in [0.5, 0.6) is 0 Å². The number of hydrogen-bond donors (Lipinski definition) is 1. The maximum Gasteiger partial charge on any atom is 0.0913 e. The van der Waals surface area contributed by atoms with E-state index in [9.17, 15) is 0 Å². The predicted octanol–water partition coefficient (Wildman–Crippen LogP) is 1.84. The Kier molecular flexibility index (Phi) is 2.68. The van der Waals surface area contributed by atoms with E-state index >= 15 is 0 Å². The molecule has 0 bridgehead atoms. The van der Waals surface area contributed by atoms with Crippen molar-refractivity contribution in [1.29, 1.82) is 0 Å². The quantitative estimate of drug-likeness (QED) is 0.842. The minimum absolute atomic E-state index is 0.0200. The van der Waals surface area contributed by atoms with Crippen LogP contribution in [0.4, 0.5) is 0 Å². The number of rotatable bonds is 3. The van der Waals surface area contributed by atoms with Gasteiger partial charge < -0.3 is 5.73 Å². The molecular weight excluding hydrogens is 202 g/mol. The highest BCUT2D eigenvalue weighted by Crippen LogP contribution is 2.16. The van der Waals surface area contributed by atoms with E-state index in [0.717, 1.165) is 12.1 Å². The van der Waals surface area contributed by atoms with Gasteiger partial charge in [-0.15, -0.1) is 0 Å². The average molecular weight is 211 g/mol. The monoisotopic (exact) mass is 211 g/mol. The molecule has 0 aliphatic heterocycles. The van der Waals surface area contributed by atoms with Gasteiger partial charge >= 0.3 is 0 Å². The van der Waals surface area contributed by atoms with Gasteiger partial charge in [0.1, 0.15) is 0 Å². The molecule has 2 heterocycles. The SMILES string of the molecule is NC(Cc1ccsc1)c1cnsn1. The topological polar surface area (TPSA) is 51.8 Å². The first-order valence-electron chi connectivity index (χ1n) is 3.90. The van der Waals surface area contributed by atoms with Gasteiger partial charge in [0, 0.05) is 0 Å². The number of nitrogens with zero attached hydrogens (tertiary/aromatic N) is 2. The van der Waals surface area contributed by atoms with Gasteiger partial charge in [-0.2, -0.15) is 20.1 Å². The first-order valence-corrected chi connectivity index (χ1v) is 5.57. The highest BCUT2D eigenvalue weighted by atomic mass is 32.1. The summed E-state index contributed by atoms with van der Waals surface area (Å²) in [7, 11) is 0. The third-order valence-electron chi connectivity index (χ3n) is 1.79. The van der Waals surface area contributed by atoms with E-state index < -0.39 is 0 Å². The van der Waals surface area contributed by atoms with Crippen LogP contribution in [0.25, 0.3) is 0 Å². The van der Waals surface area contributed by atoms with E-state index in [-0.39, 0.29) is 6.04 Å². The summed E-state index contributed by atoms with van der Waals surface area (Å²) in [5.41, 5.74) is 8.09. The summed E-state index contributed by atoms with van der Waals surface area (Å²) in [6.07, 6.45) is 2.58. The maximum atomic E-state index is 5.94. The molecule has 5 heteroatoms. The van der Waals surface area contributed by atoms with E-state index in [1.807, 2.05) is 0 Å². The van der Waals surface area contributed by atoms with Crippen LogP contribution >= 0.6 is 23.1 Å². The minimum atomic E-state index is -0.0200. The number of thiophene rings is 1. The summed E-state index contributed by atoms with van der Waals surface area (Å²) in [5, 5.41) is 4.17. The Labute approximate surface area is 84.6 Å². The zero-order valence-corrected chi connectivity index (χ0v) is 8.52. The van der Waals surface area contributed by atoms with Gasteiger partial charge in [-0.1, -0.05) is 0 Å². The second kappa shape index (κ2) is 3.95. The first kappa shape index (κ1) is 8.80. The standard InChI is InChI=1S/C8H9N3S2/c9-7(8-4-10-13-11-8)3-6-1-2-12-5-6/h1-2,4-5,7H,3,9H2. The van der Waals surface area contributed by atoms with Crippen LogP contribution in [0.15, 0.2) is 23.0 Å². The van der Waals surface area contributed by atoms with Gasteiger partial charge in [0.15, 0.2) is 0 Å². The zero-order valence-electron chi connectivity index (χ0n) is 6.88. The van der Waals surface area contributed by atoms with E-state index in [0.29, 0.717) is 0 Å². The third kappa shape index (κ3) is 2.12. The fourth-order valence-corrected chi connectivity index (χ4v) is 2.26. The van der Waals surface area contributed by atoms with Gasteiger partial charge in [-0.05, 0) is 28.8 Å². The molecule has 2 N–H and O–H groups in total. The van der Waals surface area contributed by atoms with Crippen molar-refractivity contribution in [3.63, 3.8) is 0 Å². The Balaban J connectivity index is 2.04. The molecule has 0 saturated carbocycles. The molecular formula is C8H9N3S2. The maximum absolute atomic E-state index is 5.94. The van der Waals surface area contributed by atoms with Crippen molar-refractivity contribution in [2.24, 2.45) is 5.73 Å².